The van der Waals surface area contributed by atoms with E-state index in [-0.39, 0.29) is 24.8 Å². The Kier molecular flexibility index (Phi) is 6.66. The number of anilines is 1. The fourth-order valence-corrected chi connectivity index (χ4v) is 3.39. The van der Waals surface area contributed by atoms with Crippen molar-refractivity contribution in [3.8, 4) is 0 Å². The van der Waals surface area contributed by atoms with Gasteiger partial charge in [-0.2, -0.15) is 0 Å². The second-order valence-electron chi connectivity index (χ2n) is 5.83. The lowest BCUT2D eigenvalue weighted by Gasteiger charge is -2.11. The van der Waals surface area contributed by atoms with E-state index in [4.69, 9.17) is 0 Å². The third-order valence-electron chi connectivity index (χ3n) is 3.81. The smallest absolute Gasteiger partial charge is 0.251 e. The maximum Gasteiger partial charge on any atom is 0.251 e. The minimum Gasteiger partial charge on any atom is -0.352 e. The van der Waals surface area contributed by atoms with Gasteiger partial charge in [0, 0.05) is 28.3 Å². The zero-order chi connectivity index (χ0) is 18.9. The number of para-hydroxylation sites is 1. The summed E-state index contributed by atoms with van der Waals surface area (Å²) in [7, 11) is 0. The largest absolute Gasteiger partial charge is 0.352 e. The van der Waals surface area contributed by atoms with Gasteiger partial charge in [-0.25, -0.2) is 0 Å². The molecule has 0 spiro atoms. The van der Waals surface area contributed by atoms with Crippen molar-refractivity contribution in [1.29, 1.82) is 0 Å². The van der Waals surface area contributed by atoms with Gasteiger partial charge in [-0.15, -0.1) is 0 Å². The maximum atomic E-state index is 12.3. The van der Waals surface area contributed by atoms with Gasteiger partial charge in [-0.3, -0.25) is 9.59 Å². The molecule has 0 heterocycles. The molecule has 0 bridgehead atoms. The summed E-state index contributed by atoms with van der Waals surface area (Å²) in [6.07, 6.45) is 0.211. The molecule has 0 aromatic heterocycles. The Labute approximate surface area is 163 Å². The third kappa shape index (κ3) is 5.72. The van der Waals surface area contributed by atoms with Crippen LogP contribution in [0.2, 0.25) is 0 Å². The first kappa shape index (κ1) is 18.7. The number of carbonyl (C=O) groups is 2. The third-order valence-corrected chi connectivity index (χ3v) is 4.89. The lowest BCUT2D eigenvalue weighted by molar-refractivity contribution is -0.116. The van der Waals surface area contributed by atoms with Gasteiger partial charge in [0.2, 0.25) is 5.91 Å². The molecule has 3 aromatic rings. The van der Waals surface area contributed by atoms with Gasteiger partial charge in [-0.1, -0.05) is 60.3 Å². The van der Waals surface area contributed by atoms with Gasteiger partial charge in [-0.05, 0) is 36.4 Å². The van der Waals surface area contributed by atoms with Crippen LogP contribution < -0.4 is 10.6 Å². The van der Waals surface area contributed by atoms with Crippen molar-refractivity contribution in [2.45, 2.75) is 16.2 Å². The summed E-state index contributed by atoms with van der Waals surface area (Å²) >= 11 is 1.60. The van der Waals surface area contributed by atoms with Crippen molar-refractivity contribution in [2.75, 3.05) is 11.9 Å². The van der Waals surface area contributed by atoms with E-state index in [1.165, 1.54) is 0 Å². The van der Waals surface area contributed by atoms with E-state index in [2.05, 4.69) is 10.6 Å². The first-order valence-corrected chi connectivity index (χ1v) is 9.49. The summed E-state index contributed by atoms with van der Waals surface area (Å²) in [5.41, 5.74) is 1.35. The molecule has 2 amide bonds. The number of amides is 2. The Morgan fingerprint density at radius 2 is 1.41 bits per heavy atom. The molecular weight excluding hydrogens is 356 g/mol. The zero-order valence-electron chi connectivity index (χ0n) is 14.7. The number of hydrogen-bond acceptors (Lipinski definition) is 3. The monoisotopic (exact) mass is 376 g/mol. The molecule has 3 aromatic carbocycles. The van der Waals surface area contributed by atoms with Crippen LogP contribution in [-0.4, -0.2) is 18.4 Å². The van der Waals surface area contributed by atoms with Crippen molar-refractivity contribution in [3.05, 3.63) is 90.5 Å². The summed E-state index contributed by atoms with van der Waals surface area (Å²) in [5.74, 6) is -0.312. The average Bonchev–Trinajstić information content (AvgIpc) is 2.71. The molecular formula is C22H20N2O2S. The summed E-state index contributed by atoms with van der Waals surface area (Å²) in [6.45, 7) is 0.285. The zero-order valence-corrected chi connectivity index (χ0v) is 15.5. The van der Waals surface area contributed by atoms with Crippen LogP contribution in [0.25, 0.3) is 0 Å². The van der Waals surface area contributed by atoms with Gasteiger partial charge in [0.05, 0.1) is 5.69 Å². The Morgan fingerprint density at radius 3 is 2.15 bits per heavy atom. The molecule has 2 N–H and O–H groups in total. The molecule has 0 aliphatic heterocycles. The Hall–Kier alpha value is -3.05. The number of hydrogen-bond donors (Lipinski definition) is 2. The molecule has 0 radical (unpaired) electrons. The number of benzene rings is 3. The molecule has 0 saturated heterocycles. The van der Waals surface area contributed by atoms with E-state index < -0.39 is 0 Å². The molecule has 5 heteroatoms. The molecule has 136 valence electrons. The Balaban J connectivity index is 1.53. The van der Waals surface area contributed by atoms with Gasteiger partial charge in [0.15, 0.2) is 0 Å². The lowest BCUT2D eigenvalue weighted by atomic mass is 10.2. The van der Waals surface area contributed by atoms with Crippen LogP contribution in [-0.2, 0) is 4.79 Å². The van der Waals surface area contributed by atoms with Crippen LogP contribution in [0.1, 0.15) is 16.8 Å². The van der Waals surface area contributed by atoms with Crippen LogP contribution in [0, 0.1) is 0 Å². The highest BCUT2D eigenvalue weighted by Crippen LogP contribution is 2.33. The van der Waals surface area contributed by atoms with E-state index in [9.17, 15) is 9.59 Å². The molecule has 0 unspecified atom stereocenters. The van der Waals surface area contributed by atoms with Crippen LogP contribution in [0.3, 0.4) is 0 Å². The summed E-state index contributed by atoms with van der Waals surface area (Å²) in [4.78, 5) is 26.3. The Bertz CT molecular complexity index is 898. The average molecular weight is 376 g/mol. The van der Waals surface area contributed by atoms with Crippen LogP contribution in [0.5, 0.6) is 0 Å². The SMILES string of the molecule is O=C(CCNC(=O)c1ccccc1)Nc1ccccc1Sc1ccccc1. The molecule has 0 atom stereocenters. The molecule has 0 fully saturated rings. The fourth-order valence-electron chi connectivity index (χ4n) is 2.47. The molecule has 27 heavy (non-hydrogen) atoms. The second-order valence-corrected chi connectivity index (χ2v) is 6.95. The predicted molar refractivity (Wildman–Crippen MR) is 109 cm³/mol. The van der Waals surface area contributed by atoms with Gasteiger partial charge in [0.1, 0.15) is 0 Å². The summed E-state index contributed by atoms with van der Waals surface area (Å²) in [5, 5.41) is 5.70. The van der Waals surface area contributed by atoms with E-state index in [0.29, 0.717) is 5.56 Å². The predicted octanol–water partition coefficient (Wildman–Crippen LogP) is 4.60. The normalized spacial score (nSPS) is 10.2. The van der Waals surface area contributed by atoms with E-state index in [0.717, 1.165) is 15.5 Å². The Morgan fingerprint density at radius 1 is 0.778 bits per heavy atom. The standard InChI is InChI=1S/C22H20N2O2S/c25-21(15-16-23-22(26)17-9-3-1-4-10-17)24-19-13-7-8-14-20(19)27-18-11-5-2-6-12-18/h1-14H,15-16H2,(H,23,26)(H,24,25). The van der Waals surface area contributed by atoms with Gasteiger partial charge < -0.3 is 10.6 Å². The molecule has 0 saturated carbocycles. The number of rotatable bonds is 7. The summed E-state index contributed by atoms with van der Waals surface area (Å²) in [6, 6.07) is 26.7. The van der Waals surface area contributed by atoms with E-state index in [1.807, 2.05) is 72.8 Å². The van der Waals surface area contributed by atoms with Crippen molar-refractivity contribution < 1.29 is 9.59 Å². The molecule has 0 aliphatic carbocycles. The minimum atomic E-state index is -0.177. The van der Waals surface area contributed by atoms with Gasteiger partial charge >= 0.3 is 0 Å². The number of carbonyl (C=O) groups excluding carboxylic acids is 2. The highest BCUT2D eigenvalue weighted by molar-refractivity contribution is 7.99. The molecule has 0 aliphatic rings. The van der Waals surface area contributed by atoms with Crippen LogP contribution in [0.15, 0.2) is 94.7 Å². The lowest BCUT2D eigenvalue weighted by Crippen LogP contribution is -2.27. The highest BCUT2D eigenvalue weighted by atomic mass is 32.2. The topological polar surface area (TPSA) is 58.2 Å². The summed E-state index contributed by atoms with van der Waals surface area (Å²) < 4.78 is 0. The van der Waals surface area contributed by atoms with E-state index in [1.54, 1.807) is 23.9 Å². The quantitative estimate of drug-likeness (QED) is 0.634. The first-order chi connectivity index (χ1) is 13.2. The van der Waals surface area contributed by atoms with Gasteiger partial charge in [0.25, 0.3) is 5.91 Å². The maximum absolute atomic E-state index is 12.3. The minimum absolute atomic E-state index is 0.135. The van der Waals surface area contributed by atoms with Crippen molar-refractivity contribution in [1.82, 2.24) is 5.32 Å². The number of nitrogens with one attached hydrogen (secondary N) is 2. The van der Waals surface area contributed by atoms with Crippen molar-refractivity contribution >= 4 is 29.3 Å². The second kappa shape index (κ2) is 9.59. The highest BCUT2D eigenvalue weighted by Gasteiger charge is 2.09. The van der Waals surface area contributed by atoms with Crippen LogP contribution in [0.4, 0.5) is 5.69 Å². The van der Waals surface area contributed by atoms with Crippen molar-refractivity contribution in [3.63, 3.8) is 0 Å². The molecule has 3 rings (SSSR count). The van der Waals surface area contributed by atoms with E-state index >= 15 is 0 Å². The fraction of sp³-hybridized carbons (Fsp3) is 0.0909. The first-order valence-electron chi connectivity index (χ1n) is 8.67. The van der Waals surface area contributed by atoms with Crippen LogP contribution >= 0.6 is 11.8 Å². The molecule has 4 nitrogen and oxygen atoms in total. The van der Waals surface area contributed by atoms with Crippen molar-refractivity contribution in [2.24, 2.45) is 0 Å².